The molecule has 0 saturated carbocycles. The quantitative estimate of drug-likeness (QED) is 0.693. The zero-order valence-corrected chi connectivity index (χ0v) is 12.5. The summed E-state index contributed by atoms with van der Waals surface area (Å²) < 4.78 is 13.2. The van der Waals surface area contributed by atoms with Gasteiger partial charge in [-0.05, 0) is 26.0 Å². The highest BCUT2D eigenvalue weighted by atomic mass is 16.6. The van der Waals surface area contributed by atoms with Gasteiger partial charge in [0.05, 0.1) is 24.5 Å². The lowest BCUT2D eigenvalue weighted by atomic mass is 10.1. The average Bonchev–Trinajstić information content (AvgIpc) is 3.01. The van der Waals surface area contributed by atoms with Crippen LogP contribution in [0.4, 0.5) is 5.82 Å². The topological polar surface area (TPSA) is 115 Å². The second-order valence-corrected chi connectivity index (χ2v) is 5.90. The van der Waals surface area contributed by atoms with Crippen molar-refractivity contribution in [2.45, 2.75) is 44.4 Å². The summed E-state index contributed by atoms with van der Waals surface area (Å²) in [4.78, 5) is 3.95. The van der Waals surface area contributed by atoms with Crippen LogP contribution in [0.5, 0.6) is 0 Å². The van der Waals surface area contributed by atoms with E-state index in [9.17, 15) is 10.2 Å². The maximum atomic E-state index is 9.92. The fourth-order valence-electron chi connectivity index (χ4n) is 2.78. The van der Waals surface area contributed by atoms with Crippen molar-refractivity contribution in [1.82, 2.24) is 14.6 Å². The van der Waals surface area contributed by atoms with Crippen LogP contribution in [0.25, 0.3) is 5.52 Å². The van der Waals surface area contributed by atoms with E-state index in [0.29, 0.717) is 17.8 Å². The molecule has 2 aromatic rings. The summed E-state index contributed by atoms with van der Waals surface area (Å²) >= 11 is 0. The molecule has 120 valence electrons. The van der Waals surface area contributed by atoms with Crippen molar-refractivity contribution < 1.29 is 19.7 Å². The van der Waals surface area contributed by atoms with Crippen molar-refractivity contribution in [3.05, 3.63) is 24.2 Å². The number of ether oxygens (including phenoxy) is 2. The fourth-order valence-corrected chi connectivity index (χ4v) is 2.78. The van der Waals surface area contributed by atoms with E-state index in [1.165, 1.54) is 6.33 Å². The first-order valence-corrected chi connectivity index (χ1v) is 7.13. The molecule has 0 radical (unpaired) electrons. The van der Waals surface area contributed by atoms with E-state index in [-0.39, 0.29) is 12.7 Å². The maximum Gasteiger partial charge on any atom is 0.160 e. The molecule has 8 nitrogen and oxygen atoms in total. The third kappa shape index (κ3) is 2.78. The molecule has 3 rings (SSSR count). The monoisotopic (exact) mass is 308 g/mol. The highest BCUT2D eigenvalue weighted by Crippen LogP contribution is 2.37. The van der Waals surface area contributed by atoms with Crippen molar-refractivity contribution in [1.29, 1.82) is 0 Å². The first-order chi connectivity index (χ1) is 10.4. The summed E-state index contributed by atoms with van der Waals surface area (Å²) in [6.07, 6.45) is 0.656. The van der Waals surface area contributed by atoms with Crippen LogP contribution in [-0.4, -0.2) is 49.4 Å². The van der Waals surface area contributed by atoms with Crippen LogP contribution in [0.1, 0.15) is 32.1 Å². The molecule has 2 aromatic heterocycles. The molecule has 4 N–H and O–H groups in total. The van der Waals surface area contributed by atoms with Gasteiger partial charge in [-0.1, -0.05) is 0 Å². The van der Waals surface area contributed by atoms with Crippen LogP contribution in [0.15, 0.2) is 18.5 Å². The zero-order chi connectivity index (χ0) is 15.9. The summed E-state index contributed by atoms with van der Waals surface area (Å²) in [6.45, 7) is 3.02. The molecule has 0 spiro atoms. The van der Waals surface area contributed by atoms with Gasteiger partial charge < -0.3 is 25.4 Å². The number of hydrogen-bond acceptors (Lipinski definition) is 7. The Balaban J connectivity index is 1.97. The maximum absolute atomic E-state index is 9.92. The number of nitrogens with zero attached hydrogens (tertiary/aromatic N) is 3. The number of anilines is 1. The minimum absolute atomic E-state index is 0.108. The molecule has 1 saturated heterocycles. The Morgan fingerprint density at radius 3 is 2.95 bits per heavy atom. The molecule has 22 heavy (non-hydrogen) atoms. The number of aliphatic hydroxyl groups excluding tert-OH is 1. The minimum Gasteiger partial charge on any atom is -0.394 e. The molecule has 0 amide bonds. The van der Waals surface area contributed by atoms with Crippen molar-refractivity contribution in [2.24, 2.45) is 0 Å². The highest BCUT2D eigenvalue weighted by Gasteiger charge is 2.40. The molecular formula is C14H20N4O4. The number of nitrogens with two attached hydrogens (primary N) is 1. The normalized spacial score (nSPS) is 25.9. The SMILES string of the molecule is CC(C)(O)OC1C[C@@H](CO)O[C@H]1c1ccc2c(N)ncnn12. The Bertz CT molecular complexity index is 666. The van der Waals surface area contributed by atoms with Crippen molar-refractivity contribution >= 4 is 11.3 Å². The molecule has 1 aliphatic heterocycles. The van der Waals surface area contributed by atoms with Gasteiger partial charge >= 0.3 is 0 Å². The number of fused-ring (bicyclic) bond motifs is 1. The van der Waals surface area contributed by atoms with E-state index in [4.69, 9.17) is 15.2 Å². The lowest BCUT2D eigenvalue weighted by molar-refractivity contribution is -0.215. The van der Waals surface area contributed by atoms with Gasteiger partial charge in [-0.2, -0.15) is 5.10 Å². The predicted molar refractivity (Wildman–Crippen MR) is 77.9 cm³/mol. The molecule has 1 unspecified atom stereocenters. The van der Waals surface area contributed by atoms with Crippen LogP contribution in [-0.2, 0) is 9.47 Å². The zero-order valence-electron chi connectivity index (χ0n) is 12.5. The van der Waals surface area contributed by atoms with Crippen LogP contribution in [0.2, 0.25) is 0 Å². The van der Waals surface area contributed by atoms with E-state index < -0.39 is 18.0 Å². The van der Waals surface area contributed by atoms with Gasteiger partial charge in [0.1, 0.15) is 17.9 Å². The van der Waals surface area contributed by atoms with Gasteiger partial charge in [0.2, 0.25) is 0 Å². The Morgan fingerprint density at radius 1 is 1.50 bits per heavy atom. The first-order valence-electron chi connectivity index (χ1n) is 7.13. The Morgan fingerprint density at radius 2 is 2.27 bits per heavy atom. The van der Waals surface area contributed by atoms with E-state index in [1.807, 2.05) is 6.07 Å². The number of hydrogen-bond donors (Lipinski definition) is 3. The van der Waals surface area contributed by atoms with E-state index in [2.05, 4.69) is 10.1 Å². The summed E-state index contributed by atoms with van der Waals surface area (Å²) in [5.74, 6) is -0.921. The van der Waals surface area contributed by atoms with Crippen molar-refractivity contribution in [3.8, 4) is 0 Å². The Kier molecular flexibility index (Phi) is 3.77. The van der Waals surface area contributed by atoms with Crippen molar-refractivity contribution in [3.63, 3.8) is 0 Å². The molecule has 1 fully saturated rings. The average molecular weight is 308 g/mol. The van der Waals surface area contributed by atoms with Gasteiger partial charge in [0.25, 0.3) is 0 Å². The number of aromatic nitrogens is 3. The highest BCUT2D eigenvalue weighted by molar-refractivity contribution is 5.65. The van der Waals surface area contributed by atoms with Crippen LogP contribution >= 0.6 is 0 Å². The summed E-state index contributed by atoms with van der Waals surface area (Å²) in [5.41, 5.74) is 7.26. The largest absolute Gasteiger partial charge is 0.394 e. The number of rotatable bonds is 4. The van der Waals surface area contributed by atoms with Gasteiger partial charge in [-0.3, -0.25) is 0 Å². The first kappa shape index (κ1) is 15.2. The lowest BCUT2D eigenvalue weighted by Gasteiger charge is -2.26. The fraction of sp³-hybridized carbons (Fsp3) is 0.571. The lowest BCUT2D eigenvalue weighted by Crippen LogP contribution is -2.32. The Hall–Kier alpha value is -1.74. The van der Waals surface area contributed by atoms with E-state index >= 15 is 0 Å². The molecular weight excluding hydrogens is 288 g/mol. The standard InChI is InChI=1S/C14H20N4O4/c1-14(2,20)22-11-5-8(6-19)21-12(11)9-3-4-10-13(15)16-7-17-18(9)10/h3-4,7-8,11-12,19-20H,5-6H2,1-2H3,(H2,15,16,17)/t8-,11?,12-/m0/s1. The second kappa shape index (κ2) is 5.47. The molecule has 0 bridgehead atoms. The summed E-state index contributed by atoms with van der Waals surface area (Å²) in [7, 11) is 0. The van der Waals surface area contributed by atoms with Crippen LogP contribution in [0, 0.1) is 0 Å². The molecule has 0 aromatic carbocycles. The van der Waals surface area contributed by atoms with Gasteiger partial charge in [-0.15, -0.1) is 0 Å². The van der Waals surface area contributed by atoms with Crippen molar-refractivity contribution in [2.75, 3.05) is 12.3 Å². The molecule has 3 heterocycles. The summed E-state index contributed by atoms with van der Waals surface area (Å²) in [5, 5.41) is 23.5. The van der Waals surface area contributed by atoms with E-state index in [0.717, 1.165) is 5.69 Å². The van der Waals surface area contributed by atoms with E-state index in [1.54, 1.807) is 24.4 Å². The molecule has 0 aliphatic carbocycles. The smallest absolute Gasteiger partial charge is 0.160 e. The number of nitrogen functional groups attached to an aromatic ring is 1. The molecule has 1 aliphatic rings. The van der Waals surface area contributed by atoms with Crippen LogP contribution < -0.4 is 5.73 Å². The van der Waals surface area contributed by atoms with Crippen LogP contribution in [0.3, 0.4) is 0 Å². The van der Waals surface area contributed by atoms with Gasteiger partial charge in [0.15, 0.2) is 11.6 Å². The number of aliphatic hydroxyl groups is 2. The van der Waals surface area contributed by atoms with Gasteiger partial charge in [-0.25, -0.2) is 9.50 Å². The van der Waals surface area contributed by atoms with Gasteiger partial charge in [0, 0.05) is 6.42 Å². The molecule has 3 atom stereocenters. The predicted octanol–water partition coefficient (Wildman–Crippen LogP) is 0.247. The Labute approximate surface area is 127 Å². The third-order valence-electron chi connectivity index (χ3n) is 3.62. The minimum atomic E-state index is -1.29. The third-order valence-corrected chi connectivity index (χ3v) is 3.62. The molecule has 8 heteroatoms. The summed E-state index contributed by atoms with van der Waals surface area (Å²) in [6, 6.07) is 3.65. The second-order valence-electron chi connectivity index (χ2n) is 5.90.